The van der Waals surface area contributed by atoms with Crippen molar-refractivity contribution in [3.05, 3.63) is 0 Å². The van der Waals surface area contributed by atoms with Gasteiger partial charge in [0.25, 0.3) is 0 Å². The molecule has 0 aromatic rings. The van der Waals surface area contributed by atoms with Gasteiger partial charge in [-0.15, -0.1) is 0 Å². The van der Waals surface area contributed by atoms with Crippen LogP contribution in [-0.4, -0.2) is 96.7 Å². The molecule has 0 amide bonds. The van der Waals surface area contributed by atoms with Gasteiger partial charge in [-0.05, 0) is 31.6 Å². The Morgan fingerprint density at radius 3 is 0.687 bits per heavy atom. The first-order chi connectivity index (χ1) is 48.0. The average Bonchev–Trinajstić information content (AvgIpc) is 1.10. The summed E-state index contributed by atoms with van der Waals surface area (Å²) in [6, 6.07) is 0. The third-order valence-corrected chi connectivity index (χ3v) is 20.7. The number of phosphoric acid groups is 2. The minimum absolute atomic E-state index is 0.108. The predicted octanol–water partition coefficient (Wildman–Crippen LogP) is 24.0. The van der Waals surface area contributed by atoms with E-state index in [2.05, 4.69) is 34.6 Å². The van der Waals surface area contributed by atoms with Crippen molar-refractivity contribution in [3.63, 3.8) is 0 Å². The van der Waals surface area contributed by atoms with Crippen molar-refractivity contribution < 1.29 is 80.2 Å². The normalized spacial score (nSPS) is 13.9. The van der Waals surface area contributed by atoms with Crippen LogP contribution in [0.1, 0.15) is 426 Å². The Kier molecular flexibility index (Phi) is 71.6. The van der Waals surface area contributed by atoms with E-state index in [1.807, 2.05) is 0 Å². The lowest BCUT2D eigenvalue weighted by Gasteiger charge is -2.21. The maximum absolute atomic E-state index is 13.1. The van der Waals surface area contributed by atoms with Crippen LogP contribution in [0, 0.1) is 5.92 Å². The molecule has 5 atom stereocenters. The van der Waals surface area contributed by atoms with Gasteiger partial charge in [0.1, 0.15) is 19.3 Å². The van der Waals surface area contributed by atoms with E-state index in [1.165, 1.54) is 250 Å². The van der Waals surface area contributed by atoms with Crippen LogP contribution in [-0.2, 0) is 65.4 Å². The monoisotopic (exact) mass is 1450 g/mol. The lowest BCUT2D eigenvalue weighted by Crippen LogP contribution is -2.30. The van der Waals surface area contributed by atoms with Gasteiger partial charge in [0.05, 0.1) is 26.4 Å². The highest BCUT2D eigenvalue weighted by Crippen LogP contribution is 2.45. The lowest BCUT2D eigenvalue weighted by atomic mass is 10.0. The van der Waals surface area contributed by atoms with Gasteiger partial charge >= 0.3 is 39.5 Å². The van der Waals surface area contributed by atoms with E-state index in [0.29, 0.717) is 25.7 Å². The van der Waals surface area contributed by atoms with Crippen molar-refractivity contribution in [2.24, 2.45) is 5.92 Å². The highest BCUT2D eigenvalue weighted by Gasteiger charge is 2.30. The quantitative estimate of drug-likeness (QED) is 0.0222. The molecule has 0 aromatic carbocycles. The first-order valence-electron chi connectivity index (χ1n) is 41.6. The molecule has 0 saturated heterocycles. The Morgan fingerprint density at radius 1 is 0.273 bits per heavy atom. The maximum Gasteiger partial charge on any atom is 0.472 e. The van der Waals surface area contributed by atoms with Crippen molar-refractivity contribution >= 4 is 39.5 Å². The molecule has 0 aromatic heterocycles. The van der Waals surface area contributed by atoms with E-state index in [0.717, 1.165) is 95.8 Å². The first kappa shape index (κ1) is 97.1. The van der Waals surface area contributed by atoms with Crippen LogP contribution in [0.25, 0.3) is 0 Å². The summed E-state index contributed by atoms with van der Waals surface area (Å²) in [4.78, 5) is 73.0. The molecule has 0 aliphatic carbocycles. The Hall–Kier alpha value is -1.94. The molecule has 0 rings (SSSR count). The van der Waals surface area contributed by atoms with Gasteiger partial charge in [0, 0.05) is 25.7 Å². The molecule has 0 bridgehead atoms. The van der Waals surface area contributed by atoms with Crippen LogP contribution in [0.4, 0.5) is 0 Å². The fourth-order valence-corrected chi connectivity index (χ4v) is 14.0. The van der Waals surface area contributed by atoms with Gasteiger partial charge < -0.3 is 33.8 Å². The zero-order valence-corrected chi connectivity index (χ0v) is 66.4. The number of carbonyl (C=O) groups excluding carboxylic acids is 4. The fourth-order valence-electron chi connectivity index (χ4n) is 12.4. The molecule has 99 heavy (non-hydrogen) atoms. The third-order valence-electron chi connectivity index (χ3n) is 18.8. The number of aliphatic hydroxyl groups excluding tert-OH is 1. The van der Waals surface area contributed by atoms with Crippen LogP contribution >= 0.6 is 15.6 Å². The number of rotatable bonds is 80. The Bertz CT molecular complexity index is 1890. The predicted molar refractivity (Wildman–Crippen MR) is 405 cm³/mol. The molecular formula is C80H156O17P2. The molecule has 0 saturated carbocycles. The molecule has 3 N–H and O–H groups in total. The summed E-state index contributed by atoms with van der Waals surface area (Å²) >= 11 is 0. The largest absolute Gasteiger partial charge is 0.472 e. The Morgan fingerprint density at radius 2 is 0.465 bits per heavy atom. The molecule has 588 valence electrons. The molecule has 0 aliphatic heterocycles. The van der Waals surface area contributed by atoms with Gasteiger partial charge in [0.15, 0.2) is 12.2 Å². The van der Waals surface area contributed by atoms with Crippen molar-refractivity contribution in [2.75, 3.05) is 39.6 Å². The highest BCUT2D eigenvalue weighted by molar-refractivity contribution is 7.47. The summed E-state index contributed by atoms with van der Waals surface area (Å²) in [5.74, 6) is -1.31. The molecule has 2 unspecified atom stereocenters. The van der Waals surface area contributed by atoms with Crippen LogP contribution in [0.2, 0.25) is 0 Å². The number of hydrogen-bond donors (Lipinski definition) is 3. The van der Waals surface area contributed by atoms with E-state index >= 15 is 0 Å². The molecule has 0 heterocycles. The molecule has 0 aliphatic rings. The molecule has 0 spiro atoms. The van der Waals surface area contributed by atoms with Crippen LogP contribution in [0.3, 0.4) is 0 Å². The zero-order chi connectivity index (χ0) is 72.7. The molecule has 17 nitrogen and oxygen atoms in total. The number of carbonyl (C=O) groups is 4. The topological polar surface area (TPSA) is 237 Å². The number of phosphoric ester groups is 2. The minimum atomic E-state index is -4.96. The SMILES string of the molecule is CCCCCCCCCCCCCCCCCCCCC(=O)O[C@H](COC(=O)CCCCCCCCCCCCCCCC(C)C)COP(=O)(O)OC[C@@H](O)COP(=O)(O)OC[C@@H](COC(=O)CCCCCCCCCCCCCC)OC(=O)CCCCCCCCCCCCCCC. The summed E-state index contributed by atoms with van der Waals surface area (Å²) < 4.78 is 68.7. The van der Waals surface area contributed by atoms with E-state index < -0.39 is 97.5 Å². The molecular weight excluding hydrogens is 1290 g/mol. The summed E-state index contributed by atoms with van der Waals surface area (Å²) in [6.07, 6.45) is 63.6. The summed E-state index contributed by atoms with van der Waals surface area (Å²) in [6.45, 7) is 7.35. The molecule has 19 heteroatoms. The van der Waals surface area contributed by atoms with E-state index in [9.17, 15) is 43.2 Å². The highest BCUT2D eigenvalue weighted by atomic mass is 31.2. The number of aliphatic hydroxyl groups is 1. The second kappa shape index (κ2) is 73.0. The van der Waals surface area contributed by atoms with Crippen molar-refractivity contribution in [2.45, 2.75) is 445 Å². The summed E-state index contributed by atoms with van der Waals surface area (Å²) in [5, 5.41) is 10.6. The Labute approximate surface area is 607 Å². The zero-order valence-electron chi connectivity index (χ0n) is 64.6. The van der Waals surface area contributed by atoms with Crippen LogP contribution in [0.15, 0.2) is 0 Å². The van der Waals surface area contributed by atoms with Gasteiger partial charge in [-0.2, -0.15) is 0 Å². The second-order valence-electron chi connectivity index (χ2n) is 29.3. The van der Waals surface area contributed by atoms with Crippen LogP contribution in [0.5, 0.6) is 0 Å². The second-order valence-corrected chi connectivity index (χ2v) is 32.2. The van der Waals surface area contributed by atoms with Crippen molar-refractivity contribution in [1.82, 2.24) is 0 Å². The first-order valence-corrected chi connectivity index (χ1v) is 44.6. The van der Waals surface area contributed by atoms with Crippen LogP contribution < -0.4 is 0 Å². The van der Waals surface area contributed by atoms with Gasteiger partial charge in [-0.25, -0.2) is 9.13 Å². The summed E-state index contributed by atoms with van der Waals surface area (Å²) in [5.41, 5.74) is 0. The summed E-state index contributed by atoms with van der Waals surface area (Å²) in [7, 11) is -9.92. The number of ether oxygens (including phenoxy) is 4. The smallest absolute Gasteiger partial charge is 0.462 e. The van der Waals surface area contributed by atoms with E-state index in [4.69, 9.17) is 37.0 Å². The maximum atomic E-state index is 13.1. The van der Waals surface area contributed by atoms with E-state index in [-0.39, 0.29) is 25.7 Å². The van der Waals surface area contributed by atoms with Gasteiger partial charge in [0.2, 0.25) is 0 Å². The number of esters is 4. The van der Waals surface area contributed by atoms with Crippen molar-refractivity contribution in [3.8, 4) is 0 Å². The Balaban J connectivity index is 5.25. The van der Waals surface area contributed by atoms with Crippen molar-refractivity contribution in [1.29, 1.82) is 0 Å². The minimum Gasteiger partial charge on any atom is -0.462 e. The number of unbranched alkanes of at least 4 members (excludes halogenated alkanes) is 52. The number of hydrogen-bond acceptors (Lipinski definition) is 15. The lowest BCUT2D eigenvalue weighted by molar-refractivity contribution is -0.161. The standard InChI is InChI=1S/C80H156O17P2/c1-6-9-12-15-18-21-24-27-28-29-30-31-35-41-46-51-56-61-66-80(85)97-76(70-91-78(83)64-59-54-49-44-39-36-32-34-37-42-47-52-57-62-73(4)5)72-95-99(88,89)93-68-74(81)67-92-98(86,87)94-71-75(69-90-77(82)63-58-53-48-43-38-26-23-20-17-14-11-8-3)96-79(84)65-60-55-50-45-40-33-25-22-19-16-13-10-7-2/h73-76,81H,6-72H2,1-5H3,(H,86,87)(H,88,89)/t74-,75+,76+/m0/s1. The third kappa shape index (κ3) is 74.1. The van der Waals surface area contributed by atoms with Gasteiger partial charge in [-0.3, -0.25) is 37.3 Å². The molecule has 0 fully saturated rings. The fraction of sp³-hybridized carbons (Fsp3) is 0.950. The van der Waals surface area contributed by atoms with E-state index in [1.54, 1.807) is 0 Å². The van der Waals surface area contributed by atoms with Gasteiger partial charge in [-0.1, -0.05) is 375 Å². The average molecular weight is 1450 g/mol. The molecule has 0 radical (unpaired) electrons.